The fourth-order valence-corrected chi connectivity index (χ4v) is 2.38. The molecule has 0 amide bonds. The zero-order valence-electron chi connectivity index (χ0n) is 7.82. The van der Waals surface area contributed by atoms with Crippen LogP contribution in [0.5, 0.6) is 0 Å². The van der Waals surface area contributed by atoms with Gasteiger partial charge in [-0.25, -0.2) is 4.98 Å². The van der Waals surface area contributed by atoms with Gasteiger partial charge < -0.3 is 5.73 Å². The molecular formula is C9H13N3S. The lowest BCUT2D eigenvalue weighted by atomic mass is 10.1. The maximum Gasteiger partial charge on any atom is 0.194 e. The molecular weight excluding hydrogens is 182 g/mol. The summed E-state index contributed by atoms with van der Waals surface area (Å²) in [6.45, 7) is 4.85. The molecule has 0 spiro atoms. The molecule has 0 aliphatic heterocycles. The molecule has 2 aromatic rings. The van der Waals surface area contributed by atoms with Gasteiger partial charge in [0.1, 0.15) is 0 Å². The van der Waals surface area contributed by atoms with E-state index in [0.29, 0.717) is 12.5 Å². The van der Waals surface area contributed by atoms with Crippen LogP contribution < -0.4 is 5.73 Å². The summed E-state index contributed by atoms with van der Waals surface area (Å²) in [6.07, 6.45) is 2.06. The Kier molecular flexibility index (Phi) is 2.09. The van der Waals surface area contributed by atoms with Crippen molar-refractivity contribution in [1.82, 2.24) is 9.38 Å². The van der Waals surface area contributed by atoms with Crippen LogP contribution in [0.15, 0.2) is 11.6 Å². The highest BCUT2D eigenvalue weighted by atomic mass is 32.1. The first-order chi connectivity index (χ1) is 6.24. The molecule has 2 heterocycles. The number of imidazole rings is 1. The van der Waals surface area contributed by atoms with Crippen molar-refractivity contribution in [2.75, 3.05) is 6.54 Å². The van der Waals surface area contributed by atoms with Gasteiger partial charge in [-0.3, -0.25) is 4.40 Å². The zero-order valence-corrected chi connectivity index (χ0v) is 8.64. The number of nitrogens with two attached hydrogens (primary N) is 1. The van der Waals surface area contributed by atoms with Crippen LogP contribution in [0, 0.1) is 6.92 Å². The van der Waals surface area contributed by atoms with Crippen LogP contribution in [0.1, 0.15) is 24.2 Å². The Labute approximate surface area is 81.2 Å². The lowest BCUT2D eigenvalue weighted by Crippen LogP contribution is -2.11. The molecule has 4 heteroatoms. The number of hydrogen-bond acceptors (Lipinski definition) is 3. The molecule has 2 aromatic heterocycles. The number of rotatable bonds is 2. The normalized spacial score (nSPS) is 13.8. The van der Waals surface area contributed by atoms with E-state index < -0.39 is 0 Å². The van der Waals surface area contributed by atoms with Crippen molar-refractivity contribution in [3.63, 3.8) is 0 Å². The summed E-state index contributed by atoms with van der Waals surface area (Å²) in [5, 5.41) is 2.05. The summed E-state index contributed by atoms with van der Waals surface area (Å²) in [6, 6.07) is 0. The molecule has 0 fully saturated rings. The standard InChI is InChI=1S/C9H13N3S/c1-6(5-10)8-7(2)11-9-12(8)3-4-13-9/h3-4,6H,5,10H2,1-2H3. The van der Waals surface area contributed by atoms with E-state index in [2.05, 4.69) is 27.9 Å². The van der Waals surface area contributed by atoms with Crippen LogP contribution in [0.3, 0.4) is 0 Å². The number of aryl methyl sites for hydroxylation is 1. The topological polar surface area (TPSA) is 43.3 Å². The molecule has 0 saturated heterocycles. The van der Waals surface area contributed by atoms with Crippen LogP contribution in [0.4, 0.5) is 0 Å². The van der Waals surface area contributed by atoms with E-state index in [1.807, 2.05) is 6.92 Å². The highest BCUT2D eigenvalue weighted by Gasteiger charge is 2.14. The van der Waals surface area contributed by atoms with Gasteiger partial charge in [-0.15, -0.1) is 11.3 Å². The lowest BCUT2D eigenvalue weighted by Gasteiger charge is -2.07. The second-order valence-corrected chi connectivity index (χ2v) is 4.15. The SMILES string of the molecule is Cc1nc2sccn2c1C(C)CN. The Morgan fingerprint density at radius 2 is 2.46 bits per heavy atom. The van der Waals surface area contributed by atoms with E-state index in [-0.39, 0.29) is 0 Å². The van der Waals surface area contributed by atoms with Crippen molar-refractivity contribution < 1.29 is 0 Å². The van der Waals surface area contributed by atoms with E-state index in [1.54, 1.807) is 11.3 Å². The number of fused-ring (bicyclic) bond motifs is 1. The van der Waals surface area contributed by atoms with Crippen molar-refractivity contribution in [3.8, 4) is 0 Å². The molecule has 13 heavy (non-hydrogen) atoms. The van der Waals surface area contributed by atoms with Gasteiger partial charge in [0.15, 0.2) is 4.96 Å². The highest BCUT2D eigenvalue weighted by Crippen LogP contribution is 2.22. The summed E-state index contributed by atoms with van der Waals surface area (Å²) < 4.78 is 2.14. The van der Waals surface area contributed by atoms with Gasteiger partial charge in [0.2, 0.25) is 0 Å². The second kappa shape index (κ2) is 3.12. The molecule has 1 atom stereocenters. The van der Waals surface area contributed by atoms with Crippen molar-refractivity contribution in [1.29, 1.82) is 0 Å². The van der Waals surface area contributed by atoms with Gasteiger partial charge in [-0.1, -0.05) is 6.92 Å². The summed E-state index contributed by atoms with van der Waals surface area (Å²) in [7, 11) is 0. The Balaban J connectivity index is 2.63. The first kappa shape index (κ1) is 8.72. The third kappa shape index (κ3) is 1.26. The van der Waals surface area contributed by atoms with Gasteiger partial charge in [0.25, 0.3) is 0 Å². The Morgan fingerprint density at radius 1 is 1.69 bits per heavy atom. The second-order valence-electron chi connectivity index (χ2n) is 3.27. The van der Waals surface area contributed by atoms with Crippen LogP contribution in [-0.4, -0.2) is 15.9 Å². The van der Waals surface area contributed by atoms with E-state index in [9.17, 15) is 0 Å². The smallest absolute Gasteiger partial charge is 0.194 e. The molecule has 0 aliphatic rings. The van der Waals surface area contributed by atoms with Gasteiger partial charge in [-0.2, -0.15) is 0 Å². The lowest BCUT2D eigenvalue weighted by molar-refractivity contribution is 0.731. The first-order valence-electron chi connectivity index (χ1n) is 4.36. The monoisotopic (exact) mass is 195 g/mol. The molecule has 1 unspecified atom stereocenters. The average molecular weight is 195 g/mol. The van der Waals surface area contributed by atoms with E-state index in [0.717, 1.165) is 10.7 Å². The third-order valence-electron chi connectivity index (χ3n) is 2.30. The summed E-state index contributed by atoms with van der Waals surface area (Å²) in [5.41, 5.74) is 8.00. The van der Waals surface area contributed by atoms with Gasteiger partial charge in [0.05, 0.1) is 11.4 Å². The van der Waals surface area contributed by atoms with E-state index in [4.69, 9.17) is 5.73 Å². The maximum atomic E-state index is 5.65. The van der Waals surface area contributed by atoms with Crippen molar-refractivity contribution >= 4 is 16.3 Å². The Morgan fingerprint density at radius 3 is 3.15 bits per heavy atom. The molecule has 2 rings (SSSR count). The number of hydrogen-bond donors (Lipinski definition) is 1. The molecule has 70 valence electrons. The largest absolute Gasteiger partial charge is 0.330 e. The van der Waals surface area contributed by atoms with Crippen LogP contribution in [0.2, 0.25) is 0 Å². The van der Waals surface area contributed by atoms with Crippen molar-refractivity contribution in [2.24, 2.45) is 5.73 Å². The summed E-state index contributed by atoms with van der Waals surface area (Å²) >= 11 is 1.66. The summed E-state index contributed by atoms with van der Waals surface area (Å²) in [5.74, 6) is 0.379. The Hall–Kier alpha value is -0.870. The van der Waals surface area contributed by atoms with Gasteiger partial charge in [-0.05, 0) is 6.92 Å². The maximum absolute atomic E-state index is 5.65. The number of thiazole rings is 1. The minimum atomic E-state index is 0.379. The molecule has 0 aliphatic carbocycles. The van der Waals surface area contributed by atoms with Crippen LogP contribution >= 0.6 is 11.3 Å². The predicted molar refractivity (Wildman–Crippen MR) is 55.3 cm³/mol. The quantitative estimate of drug-likeness (QED) is 0.793. The minimum absolute atomic E-state index is 0.379. The van der Waals surface area contributed by atoms with Gasteiger partial charge in [0, 0.05) is 24.0 Å². The van der Waals surface area contributed by atoms with Crippen molar-refractivity contribution in [3.05, 3.63) is 23.0 Å². The first-order valence-corrected chi connectivity index (χ1v) is 5.24. The molecule has 0 radical (unpaired) electrons. The third-order valence-corrected chi connectivity index (χ3v) is 3.06. The number of aromatic nitrogens is 2. The zero-order chi connectivity index (χ0) is 9.42. The molecule has 2 N–H and O–H groups in total. The summed E-state index contributed by atoms with van der Waals surface area (Å²) in [4.78, 5) is 5.53. The van der Waals surface area contributed by atoms with E-state index in [1.165, 1.54) is 5.69 Å². The molecule has 0 bridgehead atoms. The average Bonchev–Trinajstić information content (AvgIpc) is 2.62. The van der Waals surface area contributed by atoms with Crippen LogP contribution in [-0.2, 0) is 0 Å². The fraction of sp³-hybridized carbons (Fsp3) is 0.444. The van der Waals surface area contributed by atoms with Crippen LogP contribution in [0.25, 0.3) is 4.96 Å². The fourth-order valence-electron chi connectivity index (χ4n) is 1.62. The molecule has 3 nitrogen and oxygen atoms in total. The molecule has 0 saturated carbocycles. The minimum Gasteiger partial charge on any atom is -0.330 e. The van der Waals surface area contributed by atoms with E-state index >= 15 is 0 Å². The van der Waals surface area contributed by atoms with Gasteiger partial charge >= 0.3 is 0 Å². The van der Waals surface area contributed by atoms with Crippen molar-refractivity contribution in [2.45, 2.75) is 19.8 Å². The Bertz CT molecular complexity index is 415. The highest BCUT2D eigenvalue weighted by molar-refractivity contribution is 7.15. The molecule has 0 aromatic carbocycles. The number of nitrogens with zero attached hydrogens (tertiary/aromatic N) is 2. The predicted octanol–water partition coefficient (Wildman–Crippen LogP) is 1.77.